The molecular weight excluding hydrogens is 551 g/mol. The molecule has 3 aliphatic rings. The van der Waals surface area contributed by atoms with Crippen molar-refractivity contribution in [3.05, 3.63) is 81.6 Å². The van der Waals surface area contributed by atoms with Crippen molar-refractivity contribution < 1.29 is 28.5 Å². The number of hydrogen-bond donors (Lipinski definition) is 1. The lowest BCUT2D eigenvalue weighted by atomic mass is 9.91. The first-order chi connectivity index (χ1) is 19.9. The second-order valence-corrected chi connectivity index (χ2v) is 11.2. The minimum atomic E-state index is -1.18. The number of fused-ring (bicyclic) bond motifs is 4. The molecule has 7 rings (SSSR count). The summed E-state index contributed by atoms with van der Waals surface area (Å²) < 4.78 is 35.3. The first-order valence-corrected chi connectivity index (χ1v) is 14.1. The summed E-state index contributed by atoms with van der Waals surface area (Å²) in [4.78, 5) is 23.1. The number of halogens is 2. The van der Waals surface area contributed by atoms with E-state index in [1.54, 1.807) is 12.3 Å². The number of aromatic carboxylic acids is 1. The predicted molar refractivity (Wildman–Crippen MR) is 148 cm³/mol. The van der Waals surface area contributed by atoms with Crippen molar-refractivity contribution in [2.45, 2.75) is 51.1 Å². The molecule has 0 saturated carbocycles. The molecule has 41 heavy (non-hydrogen) atoms. The molecule has 2 aromatic carbocycles. The quantitative estimate of drug-likeness (QED) is 0.327. The number of benzene rings is 2. The second kappa shape index (κ2) is 10.3. The number of imidazole rings is 1. The maximum Gasteiger partial charge on any atom is 0.335 e. The van der Waals surface area contributed by atoms with Gasteiger partial charge in [0.25, 0.3) is 0 Å². The smallest absolute Gasteiger partial charge is 0.335 e. The zero-order chi connectivity index (χ0) is 28.2. The van der Waals surface area contributed by atoms with Gasteiger partial charge in [0.05, 0.1) is 41.0 Å². The first kappa shape index (κ1) is 26.2. The molecular formula is C30H28ClFN4O5. The van der Waals surface area contributed by atoms with Crippen LogP contribution in [0.5, 0.6) is 11.5 Å². The lowest BCUT2D eigenvalue weighted by Crippen LogP contribution is -2.36. The van der Waals surface area contributed by atoms with Crippen LogP contribution in [0.25, 0.3) is 11.0 Å². The van der Waals surface area contributed by atoms with Gasteiger partial charge in [0.1, 0.15) is 17.9 Å². The van der Waals surface area contributed by atoms with Crippen LogP contribution in [0.2, 0.25) is 5.02 Å². The number of hydrogen-bond acceptors (Lipinski definition) is 7. The number of aromatic nitrogens is 3. The standard InChI is InChI=1S/C30H28ClFN4O5/c1-16-27-17(2-5-24-29(27)41-25(15-40-24)22-4-3-19(31)12-33-22)6-8-35(16)14-26-34-28-21(32)10-18(30(37)38)11-23(28)36(26)13-20-7-9-39-20/h2-5,10-12,16,20,25H,6-9,13-15H2,1H3,(H,37,38)/t16?,20-,25+/m0/s1. The van der Waals surface area contributed by atoms with E-state index in [9.17, 15) is 9.90 Å². The molecule has 11 heteroatoms. The second-order valence-electron chi connectivity index (χ2n) is 10.7. The molecule has 0 radical (unpaired) electrons. The Bertz CT molecular complexity index is 1660. The third-order valence-corrected chi connectivity index (χ3v) is 8.50. The molecule has 3 atom stereocenters. The van der Waals surface area contributed by atoms with Crippen molar-refractivity contribution in [1.29, 1.82) is 0 Å². The van der Waals surface area contributed by atoms with Gasteiger partial charge in [-0.25, -0.2) is 14.2 Å². The van der Waals surface area contributed by atoms with Gasteiger partial charge in [-0.15, -0.1) is 0 Å². The molecule has 212 valence electrons. The number of carbonyl (C=O) groups is 1. The van der Waals surface area contributed by atoms with Gasteiger partial charge >= 0.3 is 5.97 Å². The molecule has 1 N–H and O–H groups in total. The van der Waals surface area contributed by atoms with Crippen molar-refractivity contribution in [2.24, 2.45) is 0 Å². The monoisotopic (exact) mass is 578 g/mol. The molecule has 4 aromatic rings. The average Bonchev–Trinajstić information content (AvgIpc) is 3.29. The van der Waals surface area contributed by atoms with E-state index in [0.717, 1.165) is 36.7 Å². The van der Waals surface area contributed by atoms with Crippen LogP contribution in [0, 0.1) is 5.82 Å². The van der Waals surface area contributed by atoms with Crippen LogP contribution in [-0.4, -0.2) is 56.4 Å². The Kier molecular flexibility index (Phi) is 6.56. The zero-order valence-corrected chi connectivity index (χ0v) is 23.1. The highest BCUT2D eigenvalue weighted by atomic mass is 35.5. The number of ether oxygens (including phenoxy) is 3. The predicted octanol–water partition coefficient (Wildman–Crippen LogP) is 5.34. The zero-order valence-electron chi connectivity index (χ0n) is 22.3. The van der Waals surface area contributed by atoms with E-state index in [0.29, 0.717) is 54.2 Å². The molecule has 5 heterocycles. The molecule has 9 nitrogen and oxygen atoms in total. The van der Waals surface area contributed by atoms with Gasteiger partial charge in [-0.05, 0) is 55.7 Å². The van der Waals surface area contributed by atoms with Crippen LogP contribution in [0.4, 0.5) is 4.39 Å². The lowest BCUT2D eigenvalue weighted by molar-refractivity contribution is -0.0592. The summed E-state index contributed by atoms with van der Waals surface area (Å²) in [6.07, 6.45) is 2.90. The van der Waals surface area contributed by atoms with Crippen molar-refractivity contribution in [2.75, 3.05) is 19.8 Å². The van der Waals surface area contributed by atoms with Crippen molar-refractivity contribution in [1.82, 2.24) is 19.4 Å². The van der Waals surface area contributed by atoms with Crippen molar-refractivity contribution >= 4 is 28.6 Å². The molecule has 0 aliphatic carbocycles. The fourth-order valence-electron chi connectivity index (χ4n) is 5.94. The minimum absolute atomic E-state index is 0.0156. The molecule has 0 spiro atoms. The minimum Gasteiger partial charge on any atom is -0.485 e. The molecule has 1 fully saturated rings. The van der Waals surface area contributed by atoms with E-state index in [4.69, 9.17) is 25.8 Å². The maximum absolute atomic E-state index is 15.0. The Morgan fingerprint density at radius 2 is 2.10 bits per heavy atom. The summed E-state index contributed by atoms with van der Waals surface area (Å²) in [5.41, 5.74) is 3.51. The number of nitrogens with zero attached hydrogens (tertiary/aromatic N) is 4. The molecule has 0 bridgehead atoms. The summed E-state index contributed by atoms with van der Waals surface area (Å²) in [5.74, 6) is 0.243. The number of rotatable bonds is 6. The highest BCUT2D eigenvalue weighted by Crippen LogP contribution is 2.46. The van der Waals surface area contributed by atoms with Gasteiger partial charge in [-0.2, -0.15) is 0 Å². The van der Waals surface area contributed by atoms with Crippen LogP contribution in [-0.2, 0) is 24.2 Å². The lowest BCUT2D eigenvalue weighted by Gasteiger charge is -2.38. The van der Waals surface area contributed by atoms with Crippen molar-refractivity contribution in [3.63, 3.8) is 0 Å². The molecule has 1 unspecified atom stereocenters. The van der Waals surface area contributed by atoms with Crippen LogP contribution in [0.15, 0.2) is 42.6 Å². The fourth-order valence-corrected chi connectivity index (χ4v) is 6.06. The van der Waals surface area contributed by atoms with Gasteiger partial charge in [0.15, 0.2) is 23.4 Å². The van der Waals surface area contributed by atoms with E-state index in [1.807, 2.05) is 16.7 Å². The fraction of sp³-hybridized carbons (Fsp3) is 0.367. The van der Waals surface area contributed by atoms with Gasteiger partial charge in [0, 0.05) is 31.0 Å². The van der Waals surface area contributed by atoms with Gasteiger partial charge in [-0.1, -0.05) is 17.7 Å². The van der Waals surface area contributed by atoms with Crippen LogP contribution < -0.4 is 9.47 Å². The van der Waals surface area contributed by atoms with E-state index >= 15 is 4.39 Å². The van der Waals surface area contributed by atoms with Gasteiger partial charge in [-0.3, -0.25) is 9.88 Å². The summed E-state index contributed by atoms with van der Waals surface area (Å²) in [7, 11) is 0. The topological polar surface area (TPSA) is 98.9 Å². The molecule has 1 saturated heterocycles. The van der Waals surface area contributed by atoms with Crippen LogP contribution >= 0.6 is 11.6 Å². The van der Waals surface area contributed by atoms with Crippen LogP contribution in [0.3, 0.4) is 0 Å². The number of pyridine rings is 1. The number of carboxylic acids is 1. The van der Waals surface area contributed by atoms with Gasteiger partial charge in [0.2, 0.25) is 0 Å². The third kappa shape index (κ3) is 4.69. The van der Waals surface area contributed by atoms with E-state index < -0.39 is 11.8 Å². The Morgan fingerprint density at radius 3 is 2.83 bits per heavy atom. The molecule has 0 amide bonds. The summed E-state index contributed by atoms with van der Waals surface area (Å²) >= 11 is 6.03. The van der Waals surface area contributed by atoms with Crippen molar-refractivity contribution in [3.8, 4) is 11.5 Å². The number of carboxylic acid groups (broad SMARTS) is 1. The maximum atomic E-state index is 15.0. The highest BCUT2D eigenvalue weighted by Gasteiger charge is 2.34. The summed E-state index contributed by atoms with van der Waals surface area (Å²) in [6, 6.07) is 10.2. The third-order valence-electron chi connectivity index (χ3n) is 8.27. The summed E-state index contributed by atoms with van der Waals surface area (Å²) in [5, 5.41) is 10.1. The SMILES string of the molecule is CC1c2c(ccc3c2O[C@@H](c2ccc(Cl)cn2)CO3)CCN1Cc1nc2c(F)cc(C(=O)O)cc2n1C[C@@H]1CCO1. The molecule has 3 aliphatic heterocycles. The summed E-state index contributed by atoms with van der Waals surface area (Å²) in [6.45, 7) is 4.83. The average molecular weight is 579 g/mol. The van der Waals surface area contributed by atoms with Gasteiger partial charge < -0.3 is 23.9 Å². The Hall–Kier alpha value is -3.73. The largest absolute Gasteiger partial charge is 0.485 e. The molecule has 2 aromatic heterocycles. The van der Waals surface area contributed by atoms with Crippen LogP contribution in [0.1, 0.15) is 58.5 Å². The Morgan fingerprint density at radius 1 is 1.24 bits per heavy atom. The Labute approximate surface area is 240 Å². The Balaban J connectivity index is 1.22. The normalized spacial score (nSPS) is 21.9. The van der Waals surface area contributed by atoms with E-state index in [2.05, 4.69) is 27.9 Å². The first-order valence-electron chi connectivity index (χ1n) is 13.7. The van der Waals surface area contributed by atoms with E-state index in [1.165, 1.54) is 11.6 Å². The van der Waals surface area contributed by atoms with E-state index in [-0.39, 0.29) is 29.3 Å². The highest BCUT2D eigenvalue weighted by molar-refractivity contribution is 6.30.